The third kappa shape index (κ3) is 3.83. The monoisotopic (exact) mass is 402 g/mol. The van der Waals surface area contributed by atoms with Crippen LogP contribution in [0.5, 0.6) is 5.75 Å². The Labute approximate surface area is 168 Å². The van der Waals surface area contributed by atoms with Gasteiger partial charge in [0.1, 0.15) is 17.4 Å². The summed E-state index contributed by atoms with van der Waals surface area (Å²) < 4.78 is 33.3. The molecule has 4 atom stereocenters. The number of hydrogen-bond donors (Lipinski definition) is 4. The zero-order chi connectivity index (χ0) is 20.5. The largest absolute Gasteiger partial charge is 0.496 e. The number of hydrazine groups is 1. The number of fused-ring (bicyclic) bond motifs is 1. The number of halogens is 2. The van der Waals surface area contributed by atoms with Gasteiger partial charge >= 0.3 is 0 Å². The van der Waals surface area contributed by atoms with Crippen molar-refractivity contribution in [1.29, 1.82) is 0 Å². The lowest BCUT2D eigenvalue weighted by molar-refractivity contribution is 0.0913. The molecule has 0 aliphatic carbocycles. The second-order valence-electron chi connectivity index (χ2n) is 7.53. The van der Waals surface area contributed by atoms with Gasteiger partial charge in [-0.25, -0.2) is 14.2 Å². The van der Waals surface area contributed by atoms with Gasteiger partial charge in [-0.2, -0.15) is 0 Å². The summed E-state index contributed by atoms with van der Waals surface area (Å²) in [7, 11) is 1.52. The second kappa shape index (κ2) is 8.06. The lowest BCUT2D eigenvalue weighted by atomic mass is 9.84. The Morgan fingerprint density at radius 3 is 2.76 bits per heavy atom. The molecule has 0 spiro atoms. The van der Waals surface area contributed by atoms with E-state index >= 15 is 0 Å². The molecule has 29 heavy (non-hydrogen) atoms. The van der Waals surface area contributed by atoms with E-state index in [9.17, 15) is 13.6 Å². The highest BCUT2D eigenvalue weighted by atomic mass is 19.1. The summed E-state index contributed by atoms with van der Waals surface area (Å²) >= 11 is 0. The average Bonchev–Trinajstić information content (AvgIpc) is 3.11. The van der Waals surface area contributed by atoms with Gasteiger partial charge in [0.2, 0.25) is 0 Å². The van der Waals surface area contributed by atoms with Gasteiger partial charge in [-0.15, -0.1) is 0 Å². The van der Waals surface area contributed by atoms with Crippen LogP contribution in [0.25, 0.3) is 0 Å². The van der Waals surface area contributed by atoms with Crippen LogP contribution in [0.4, 0.5) is 8.78 Å². The number of carbonyl (C=O) groups is 1. The second-order valence-corrected chi connectivity index (χ2v) is 7.53. The van der Waals surface area contributed by atoms with Gasteiger partial charge in [0, 0.05) is 35.7 Å². The molecule has 2 aromatic carbocycles. The summed E-state index contributed by atoms with van der Waals surface area (Å²) in [6, 6.07) is 8.92. The van der Waals surface area contributed by atoms with Gasteiger partial charge in [-0.3, -0.25) is 10.2 Å². The van der Waals surface area contributed by atoms with Crippen molar-refractivity contribution in [3.05, 3.63) is 64.7 Å². The Morgan fingerprint density at radius 2 is 2.00 bits per heavy atom. The molecule has 0 bridgehead atoms. The number of benzene rings is 2. The van der Waals surface area contributed by atoms with E-state index in [4.69, 9.17) is 4.74 Å². The lowest BCUT2D eigenvalue weighted by Gasteiger charge is -2.35. The van der Waals surface area contributed by atoms with Gasteiger partial charge in [0.05, 0.1) is 13.3 Å². The topological polar surface area (TPSA) is 74.4 Å². The first-order valence-corrected chi connectivity index (χ1v) is 9.61. The van der Waals surface area contributed by atoms with Crippen LogP contribution in [0.1, 0.15) is 33.9 Å². The van der Waals surface area contributed by atoms with Crippen LogP contribution in [0.3, 0.4) is 0 Å². The van der Waals surface area contributed by atoms with Gasteiger partial charge < -0.3 is 15.4 Å². The smallest absolute Gasteiger partial charge is 0.252 e. The predicted molar refractivity (Wildman–Crippen MR) is 104 cm³/mol. The summed E-state index contributed by atoms with van der Waals surface area (Å²) in [6.07, 6.45) is 0.273. The molecule has 0 aromatic heterocycles. The first kappa shape index (κ1) is 19.8. The van der Waals surface area contributed by atoms with Crippen molar-refractivity contribution >= 4 is 5.91 Å². The molecule has 0 saturated carbocycles. The van der Waals surface area contributed by atoms with E-state index in [0.29, 0.717) is 35.4 Å². The van der Waals surface area contributed by atoms with Crippen LogP contribution in [-0.2, 0) is 0 Å². The first-order chi connectivity index (χ1) is 14.0. The van der Waals surface area contributed by atoms with Crippen LogP contribution in [0, 0.1) is 24.5 Å². The molecule has 2 aromatic rings. The minimum Gasteiger partial charge on any atom is -0.496 e. The highest BCUT2D eigenvalue weighted by molar-refractivity contribution is 5.94. The van der Waals surface area contributed by atoms with Gasteiger partial charge in [-0.1, -0.05) is 6.07 Å². The van der Waals surface area contributed by atoms with Crippen molar-refractivity contribution in [3.8, 4) is 5.75 Å². The molecule has 4 N–H and O–H groups in total. The van der Waals surface area contributed by atoms with E-state index in [-0.39, 0.29) is 41.7 Å². The fraction of sp³-hybridized carbons (Fsp3) is 0.381. The van der Waals surface area contributed by atoms with Crippen LogP contribution >= 0.6 is 0 Å². The molecular formula is C21H24F2N4O2. The Kier molecular flexibility index (Phi) is 5.49. The molecule has 4 unspecified atom stereocenters. The van der Waals surface area contributed by atoms with Gasteiger partial charge in [-0.05, 0) is 49.2 Å². The molecule has 4 rings (SSSR count). The number of ether oxygens (including phenoxy) is 1. The van der Waals surface area contributed by atoms with Crippen LogP contribution in [-0.4, -0.2) is 31.8 Å². The number of piperidine rings is 1. The van der Waals surface area contributed by atoms with Crippen LogP contribution in [0.15, 0.2) is 36.4 Å². The predicted octanol–water partition coefficient (Wildman–Crippen LogP) is 2.16. The highest BCUT2D eigenvalue weighted by Gasteiger charge is 2.42. The Balaban J connectivity index is 1.50. The van der Waals surface area contributed by atoms with Gasteiger partial charge in [0.25, 0.3) is 5.91 Å². The normalized spacial score (nSPS) is 26.1. The number of methoxy groups -OCH3 is 1. The van der Waals surface area contributed by atoms with E-state index in [1.54, 1.807) is 19.1 Å². The highest BCUT2D eigenvalue weighted by Crippen LogP contribution is 2.36. The molecule has 1 amide bonds. The molecule has 2 aliphatic rings. The molecule has 6 nitrogen and oxygen atoms in total. The fourth-order valence-electron chi connectivity index (χ4n) is 4.18. The number of amides is 1. The Hall–Kier alpha value is -2.55. The van der Waals surface area contributed by atoms with Crippen molar-refractivity contribution in [2.45, 2.75) is 31.6 Å². The van der Waals surface area contributed by atoms with Crippen LogP contribution < -0.4 is 26.2 Å². The summed E-state index contributed by atoms with van der Waals surface area (Å²) in [4.78, 5) is 12.6. The van der Waals surface area contributed by atoms with Crippen LogP contribution in [0.2, 0.25) is 0 Å². The SMILES string of the molecule is COc1cccc(F)c1C1CC2C(CN1)NNC2NC(=O)c1ccc(F)c(C)c1. The number of rotatable bonds is 4. The standard InChI is InChI=1S/C21H24F2N4O2/c1-11-8-12(6-7-14(11)22)21(28)25-20-13-9-16(24-10-17(13)26-27-20)19-15(23)4-3-5-18(19)29-2/h3-8,13,16-17,20,24,26-27H,9-10H2,1-2H3,(H,25,28). The Bertz CT molecular complexity index is 924. The summed E-state index contributed by atoms with van der Waals surface area (Å²) in [6.45, 7) is 2.23. The summed E-state index contributed by atoms with van der Waals surface area (Å²) in [5.74, 6) is -0.409. The van der Waals surface area contributed by atoms with Crippen molar-refractivity contribution in [2.75, 3.05) is 13.7 Å². The van der Waals surface area contributed by atoms with Crippen molar-refractivity contribution in [2.24, 2.45) is 5.92 Å². The number of aryl methyl sites for hydroxylation is 1. The quantitative estimate of drug-likeness (QED) is 0.631. The summed E-state index contributed by atoms with van der Waals surface area (Å²) in [5.41, 5.74) is 7.62. The van der Waals surface area contributed by atoms with Crippen molar-refractivity contribution in [3.63, 3.8) is 0 Å². The molecule has 2 heterocycles. The zero-order valence-electron chi connectivity index (χ0n) is 16.3. The van der Waals surface area contributed by atoms with E-state index in [1.807, 2.05) is 0 Å². The van der Waals surface area contributed by atoms with E-state index in [1.165, 1.54) is 31.4 Å². The molecule has 2 aliphatic heterocycles. The van der Waals surface area contributed by atoms with Crippen molar-refractivity contribution in [1.82, 2.24) is 21.5 Å². The maximum absolute atomic E-state index is 14.5. The molecule has 0 radical (unpaired) electrons. The van der Waals surface area contributed by atoms with E-state index in [0.717, 1.165) is 0 Å². The Morgan fingerprint density at radius 1 is 1.17 bits per heavy atom. The molecule has 2 fully saturated rings. The zero-order valence-corrected chi connectivity index (χ0v) is 16.3. The fourth-order valence-corrected chi connectivity index (χ4v) is 4.18. The molecule has 2 saturated heterocycles. The minimum absolute atomic E-state index is 0.0380. The third-order valence-electron chi connectivity index (χ3n) is 5.75. The number of carbonyl (C=O) groups excluding carboxylic acids is 1. The first-order valence-electron chi connectivity index (χ1n) is 9.61. The number of hydrogen-bond acceptors (Lipinski definition) is 5. The summed E-state index contributed by atoms with van der Waals surface area (Å²) in [5, 5.41) is 6.33. The molecule has 8 heteroatoms. The van der Waals surface area contributed by atoms with E-state index < -0.39 is 0 Å². The van der Waals surface area contributed by atoms with Crippen molar-refractivity contribution < 1.29 is 18.3 Å². The lowest BCUT2D eigenvalue weighted by Crippen LogP contribution is -2.49. The van der Waals surface area contributed by atoms with E-state index in [2.05, 4.69) is 21.5 Å². The average molecular weight is 402 g/mol. The molecular weight excluding hydrogens is 378 g/mol. The maximum Gasteiger partial charge on any atom is 0.252 e. The minimum atomic E-state index is -0.345. The third-order valence-corrected chi connectivity index (χ3v) is 5.75. The van der Waals surface area contributed by atoms with Gasteiger partial charge in [0.15, 0.2) is 0 Å². The maximum atomic E-state index is 14.5. The molecule has 154 valence electrons. The number of nitrogens with one attached hydrogen (secondary N) is 4.